The van der Waals surface area contributed by atoms with Crippen molar-refractivity contribution in [3.63, 3.8) is 0 Å². The van der Waals surface area contributed by atoms with Crippen molar-refractivity contribution < 1.29 is 0 Å². The van der Waals surface area contributed by atoms with E-state index < -0.39 is 0 Å². The highest BCUT2D eigenvalue weighted by molar-refractivity contribution is 7.26. The monoisotopic (exact) mass is 794 g/mol. The van der Waals surface area contributed by atoms with Gasteiger partial charge in [-0.3, -0.25) is 5.41 Å². The van der Waals surface area contributed by atoms with Crippen molar-refractivity contribution in [3.05, 3.63) is 199 Å². The molecule has 13 rings (SSSR count). The summed E-state index contributed by atoms with van der Waals surface area (Å²) < 4.78 is 4.80. The van der Waals surface area contributed by atoms with E-state index in [1.807, 2.05) is 6.21 Å². The summed E-state index contributed by atoms with van der Waals surface area (Å²) in [4.78, 5) is 8.46. The van der Waals surface area contributed by atoms with Crippen molar-refractivity contribution in [1.29, 1.82) is 5.41 Å². The van der Waals surface area contributed by atoms with E-state index in [1.54, 1.807) is 11.3 Å². The highest BCUT2D eigenvalue weighted by Crippen LogP contribution is 2.44. The van der Waals surface area contributed by atoms with Crippen LogP contribution in [0.3, 0.4) is 0 Å². The third-order valence-corrected chi connectivity index (χ3v) is 13.7. The van der Waals surface area contributed by atoms with E-state index in [4.69, 9.17) is 4.99 Å². The molecule has 0 bridgehead atoms. The van der Waals surface area contributed by atoms with Gasteiger partial charge in [0.1, 0.15) is 0 Å². The van der Waals surface area contributed by atoms with Crippen LogP contribution in [-0.4, -0.2) is 21.6 Å². The summed E-state index contributed by atoms with van der Waals surface area (Å²) in [5.41, 5.74) is 9.67. The summed E-state index contributed by atoms with van der Waals surface area (Å²) in [6.45, 7) is 0. The number of aromatic amines is 1. The summed E-state index contributed by atoms with van der Waals surface area (Å²) >= 11 is 1.77. The molecule has 284 valence electrons. The van der Waals surface area contributed by atoms with Crippen LogP contribution in [0, 0.1) is 5.41 Å². The third kappa shape index (κ3) is 5.31. The summed E-state index contributed by atoms with van der Waals surface area (Å²) in [7, 11) is 0. The average molecular weight is 795 g/mol. The maximum atomic E-state index is 9.43. The lowest BCUT2D eigenvalue weighted by atomic mass is 9.96. The second-order valence-corrected chi connectivity index (χ2v) is 17.1. The van der Waals surface area contributed by atoms with Gasteiger partial charge in [-0.05, 0) is 110 Å². The van der Waals surface area contributed by atoms with Gasteiger partial charge in [0.05, 0.1) is 16.7 Å². The van der Waals surface area contributed by atoms with Crippen LogP contribution < -0.4 is 0 Å². The number of fused-ring (bicyclic) bond motifs is 12. The molecule has 3 aromatic heterocycles. The molecule has 3 heterocycles. The Morgan fingerprint density at radius 3 is 2.05 bits per heavy atom. The van der Waals surface area contributed by atoms with Crippen LogP contribution in [0.2, 0.25) is 0 Å². The normalized spacial score (nSPS) is 12.3. The molecule has 2 N–H and O–H groups in total. The molecule has 0 amide bonds. The summed E-state index contributed by atoms with van der Waals surface area (Å²) in [5.74, 6) is 0.222. The van der Waals surface area contributed by atoms with Gasteiger partial charge in [0.25, 0.3) is 0 Å². The van der Waals surface area contributed by atoms with Gasteiger partial charge in [-0.15, -0.1) is 11.3 Å². The quantitative estimate of drug-likeness (QED) is 0.132. The van der Waals surface area contributed by atoms with Crippen LogP contribution in [0.1, 0.15) is 11.1 Å². The number of rotatable bonds is 4. The summed E-state index contributed by atoms with van der Waals surface area (Å²) in [5, 5.41) is 23.8. The molecule has 0 spiro atoms. The first kappa shape index (κ1) is 34.0. The van der Waals surface area contributed by atoms with E-state index >= 15 is 0 Å². The third-order valence-electron chi connectivity index (χ3n) is 12.5. The van der Waals surface area contributed by atoms with Gasteiger partial charge < -0.3 is 9.55 Å². The Labute approximate surface area is 353 Å². The predicted molar refractivity (Wildman–Crippen MR) is 262 cm³/mol. The second kappa shape index (κ2) is 13.1. The van der Waals surface area contributed by atoms with Gasteiger partial charge in [0.15, 0.2) is 5.84 Å². The highest BCUT2D eigenvalue weighted by Gasteiger charge is 2.21. The molecule has 0 unspecified atom stereocenters. The van der Waals surface area contributed by atoms with E-state index in [0.717, 1.165) is 49.0 Å². The molecule has 4 nitrogen and oxygen atoms in total. The number of nitrogens with zero attached hydrogens (tertiary/aromatic N) is 2. The molecule has 0 atom stereocenters. The van der Waals surface area contributed by atoms with Crippen molar-refractivity contribution in [1.82, 2.24) is 9.55 Å². The summed E-state index contributed by atoms with van der Waals surface area (Å²) in [6, 6.07) is 67.8. The Morgan fingerprint density at radius 1 is 0.492 bits per heavy atom. The van der Waals surface area contributed by atoms with Gasteiger partial charge in [0.2, 0.25) is 0 Å². The number of benzene rings is 10. The Kier molecular flexibility index (Phi) is 7.30. The van der Waals surface area contributed by atoms with E-state index in [2.05, 4.69) is 198 Å². The van der Waals surface area contributed by atoms with Gasteiger partial charge in [0, 0.05) is 64.5 Å². The molecule has 10 aromatic carbocycles. The first-order chi connectivity index (χ1) is 30.1. The zero-order valence-electron chi connectivity index (χ0n) is 32.8. The number of nitrogens with one attached hydrogen (secondary N) is 2. The van der Waals surface area contributed by atoms with Crippen LogP contribution >= 0.6 is 11.3 Å². The van der Waals surface area contributed by atoms with Gasteiger partial charge in [-0.1, -0.05) is 127 Å². The second-order valence-electron chi connectivity index (χ2n) is 16.1. The minimum absolute atomic E-state index is 0.222. The number of amidine groups is 1. The number of aliphatic imine (C=N–C) groups is 1. The van der Waals surface area contributed by atoms with E-state index in [9.17, 15) is 5.41 Å². The Bertz CT molecular complexity index is 4030. The number of para-hydroxylation sites is 1. The van der Waals surface area contributed by atoms with Crippen LogP contribution in [-0.2, 0) is 0 Å². The molecule has 0 fully saturated rings. The minimum atomic E-state index is 0.222. The summed E-state index contributed by atoms with van der Waals surface area (Å²) in [6.07, 6.45) is 1.82. The lowest BCUT2D eigenvalue weighted by Gasteiger charge is -2.14. The fourth-order valence-corrected chi connectivity index (χ4v) is 10.8. The lowest BCUT2D eigenvalue weighted by Crippen LogP contribution is -2.01. The van der Waals surface area contributed by atoms with E-state index in [-0.39, 0.29) is 5.84 Å². The molecule has 0 aliphatic rings. The van der Waals surface area contributed by atoms with Crippen molar-refractivity contribution in [2.24, 2.45) is 4.99 Å². The Hall–Kier alpha value is -7.86. The molecule has 5 heteroatoms. The number of hydrogen-bond donors (Lipinski definition) is 2. The first-order valence-corrected chi connectivity index (χ1v) is 21.4. The maximum absolute atomic E-state index is 9.43. The standard InChI is InChI=1S/C56H34N4S/c57-56(58-32-33-20-21-34-10-1-2-11-35(34)24-33)40-29-52(55-44-16-6-8-19-53(44)61-54(55)30-40)60-50-28-37-13-4-3-12-36(37)25-46(50)47-26-38-14-9-17-41(45(38)31-51(47)60)39-22-23-43-42-15-5-7-18-48(42)59-49(43)27-39/h1-32,57,59H. The van der Waals surface area contributed by atoms with E-state index in [0.29, 0.717) is 0 Å². The van der Waals surface area contributed by atoms with Gasteiger partial charge in [-0.25, -0.2) is 4.99 Å². The molecule has 0 radical (unpaired) electrons. The largest absolute Gasteiger partial charge is 0.354 e. The van der Waals surface area contributed by atoms with Crippen molar-refractivity contribution >= 4 is 119 Å². The van der Waals surface area contributed by atoms with Crippen molar-refractivity contribution in [3.8, 4) is 16.8 Å². The van der Waals surface area contributed by atoms with Crippen molar-refractivity contribution in [2.75, 3.05) is 0 Å². The average Bonchev–Trinajstić information content (AvgIpc) is 3.97. The molecule has 0 aliphatic carbocycles. The number of aromatic nitrogens is 2. The first-order valence-electron chi connectivity index (χ1n) is 20.6. The molecular weight excluding hydrogens is 761 g/mol. The van der Waals surface area contributed by atoms with Crippen LogP contribution in [0.5, 0.6) is 0 Å². The number of hydrogen-bond acceptors (Lipinski definition) is 2. The Balaban J connectivity index is 1.08. The molecule has 61 heavy (non-hydrogen) atoms. The topological polar surface area (TPSA) is 56.9 Å². The maximum Gasteiger partial charge on any atom is 0.151 e. The Morgan fingerprint density at radius 2 is 1.18 bits per heavy atom. The molecule has 0 saturated heterocycles. The predicted octanol–water partition coefficient (Wildman–Crippen LogP) is 15.4. The SMILES string of the molecule is N=C(N=Cc1ccc2ccccc2c1)c1cc(-n2c3cc4ccccc4cc3c3cc4cccc(-c5ccc6c(c5)[nH]c5ccccc56)c4cc32)c2c(c1)sc1ccccc12. The molecule has 0 aliphatic heterocycles. The lowest BCUT2D eigenvalue weighted by molar-refractivity contribution is 1.20. The van der Waals surface area contributed by atoms with Gasteiger partial charge >= 0.3 is 0 Å². The fourth-order valence-electron chi connectivity index (χ4n) is 9.65. The highest BCUT2D eigenvalue weighted by atomic mass is 32.1. The van der Waals surface area contributed by atoms with Crippen molar-refractivity contribution in [2.45, 2.75) is 0 Å². The number of H-pyrrole nitrogens is 1. The molecule has 0 saturated carbocycles. The van der Waals surface area contributed by atoms with Crippen LogP contribution in [0.15, 0.2) is 193 Å². The number of thiophene rings is 1. The fraction of sp³-hybridized carbons (Fsp3) is 0. The van der Waals surface area contributed by atoms with Crippen LogP contribution in [0.4, 0.5) is 0 Å². The van der Waals surface area contributed by atoms with Crippen LogP contribution in [0.25, 0.3) is 113 Å². The minimum Gasteiger partial charge on any atom is -0.354 e. The van der Waals surface area contributed by atoms with Gasteiger partial charge in [-0.2, -0.15) is 0 Å². The molecule has 13 aromatic rings. The zero-order valence-corrected chi connectivity index (χ0v) is 33.6. The van der Waals surface area contributed by atoms with E-state index in [1.165, 1.54) is 75.1 Å². The zero-order chi connectivity index (χ0) is 40.2. The smallest absolute Gasteiger partial charge is 0.151 e. The molecular formula is C56H34N4S.